The SMILES string of the molecule is NC(=O)c1ccc(NC(=NC2CCCCC2)NC2CCCCC2)cc1. The van der Waals surface area contributed by atoms with Crippen LogP contribution in [0.15, 0.2) is 29.3 Å². The number of hydrogen-bond acceptors (Lipinski definition) is 2. The maximum atomic E-state index is 11.2. The average molecular weight is 342 g/mol. The number of amides is 1. The number of primary amides is 1. The molecule has 2 aliphatic carbocycles. The summed E-state index contributed by atoms with van der Waals surface area (Å²) in [6.45, 7) is 0. The Morgan fingerprint density at radius 2 is 1.52 bits per heavy atom. The summed E-state index contributed by atoms with van der Waals surface area (Å²) in [4.78, 5) is 16.2. The van der Waals surface area contributed by atoms with Crippen LogP contribution in [0.4, 0.5) is 5.69 Å². The molecule has 1 amide bonds. The molecule has 136 valence electrons. The fourth-order valence-corrected chi connectivity index (χ4v) is 3.79. The second-order valence-corrected chi connectivity index (χ2v) is 7.32. The number of anilines is 1. The van der Waals surface area contributed by atoms with E-state index in [0.29, 0.717) is 17.6 Å². The van der Waals surface area contributed by atoms with Crippen LogP contribution in [0.25, 0.3) is 0 Å². The van der Waals surface area contributed by atoms with Crippen molar-refractivity contribution in [1.29, 1.82) is 0 Å². The second-order valence-electron chi connectivity index (χ2n) is 7.32. The van der Waals surface area contributed by atoms with Crippen molar-refractivity contribution in [3.63, 3.8) is 0 Å². The Kier molecular flexibility index (Phi) is 6.31. The van der Waals surface area contributed by atoms with Gasteiger partial charge < -0.3 is 16.4 Å². The third kappa shape index (κ3) is 5.48. The quantitative estimate of drug-likeness (QED) is 0.575. The summed E-state index contributed by atoms with van der Waals surface area (Å²) < 4.78 is 0. The van der Waals surface area contributed by atoms with Gasteiger partial charge >= 0.3 is 0 Å². The minimum absolute atomic E-state index is 0.400. The van der Waals surface area contributed by atoms with Crippen LogP contribution >= 0.6 is 0 Å². The molecule has 5 heteroatoms. The smallest absolute Gasteiger partial charge is 0.248 e. The highest BCUT2D eigenvalue weighted by Crippen LogP contribution is 2.22. The normalized spacial score (nSPS) is 20.2. The van der Waals surface area contributed by atoms with Crippen LogP contribution in [0.1, 0.15) is 74.6 Å². The lowest BCUT2D eigenvalue weighted by atomic mass is 9.95. The molecule has 2 aliphatic rings. The van der Waals surface area contributed by atoms with Gasteiger partial charge in [0.15, 0.2) is 5.96 Å². The molecule has 25 heavy (non-hydrogen) atoms. The third-order valence-electron chi connectivity index (χ3n) is 5.26. The maximum absolute atomic E-state index is 11.2. The first kappa shape index (κ1) is 17.8. The Bertz CT molecular complexity index is 584. The van der Waals surface area contributed by atoms with E-state index in [9.17, 15) is 4.79 Å². The molecule has 0 heterocycles. The molecule has 0 aromatic heterocycles. The Morgan fingerprint density at radius 3 is 2.12 bits per heavy atom. The molecular weight excluding hydrogens is 312 g/mol. The molecular formula is C20H30N4O. The number of guanidine groups is 1. The van der Waals surface area contributed by atoms with Gasteiger partial charge in [0.2, 0.25) is 5.91 Å². The minimum atomic E-state index is -0.400. The summed E-state index contributed by atoms with van der Waals surface area (Å²) in [6, 6.07) is 8.20. The molecule has 2 saturated carbocycles. The van der Waals surface area contributed by atoms with Crippen LogP contribution in [-0.2, 0) is 0 Å². The highest BCUT2D eigenvalue weighted by Gasteiger charge is 2.18. The van der Waals surface area contributed by atoms with Gasteiger partial charge in [-0.05, 0) is 49.9 Å². The average Bonchev–Trinajstić information content (AvgIpc) is 2.64. The van der Waals surface area contributed by atoms with Crippen molar-refractivity contribution in [1.82, 2.24) is 5.32 Å². The lowest BCUT2D eigenvalue weighted by Gasteiger charge is -2.27. The highest BCUT2D eigenvalue weighted by atomic mass is 16.1. The van der Waals surface area contributed by atoms with Crippen LogP contribution in [0.2, 0.25) is 0 Å². The number of carbonyl (C=O) groups excluding carboxylic acids is 1. The number of benzene rings is 1. The van der Waals surface area contributed by atoms with E-state index in [-0.39, 0.29) is 0 Å². The zero-order valence-electron chi connectivity index (χ0n) is 15.0. The molecule has 0 atom stereocenters. The van der Waals surface area contributed by atoms with Crippen LogP contribution in [-0.4, -0.2) is 24.0 Å². The Balaban J connectivity index is 1.69. The largest absolute Gasteiger partial charge is 0.366 e. The Hall–Kier alpha value is -2.04. The van der Waals surface area contributed by atoms with Crippen molar-refractivity contribution >= 4 is 17.6 Å². The molecule has 0 bridgehead atoms. The van der Waals surface area contributed by atoms with Gasteiger partial charge in [-0.15, -0.1) is 0 Å². The fourth-order valence-electron chi connectivity index (χ4n) is 3.79. The summed E-state index contributed by atoms with van der Waals surface area (Å²) in [5.41, 5.74) is 6.77. The van der Waals surface area contributed by atoms with E-state index in [4.69, 9.17) is 10.7 Å². The molecule has 0 saturated heterocycles. The number of nitrogens with one attached hydrogen (secondary N) is 2. The number of hydrogen-bond donors (Lipinski definition) is 3. The van der Waals surface area contributed by atoms with E-state index in [1.807, 2.05) is 12.1 Å². The Labute approximate surface area is 150 Å². The van der Waals surface area contributed by atoms with Gasteiger partial charge in [0.05, 0.1) is 6.04 Å². The molecule has 0 aliphatic heterocycles. The monoisotopic (exact) mass is 342 g/mol. The van der Waals surface area contributed by atoms with Gasteiger partial charge in [0.25, 0.3) is 0 Å². The van der Waals surface area contributed by atoms with Gasteiger partial charge in [-0.25, -0.2) is 4.99 Å². The number of carbonyl (C=O) groups is 1. The first-order valence-electron chi connectivity index (χ1n) is 9.72. The van der Waals surface area contributed by atoms with Crippen molar-refractivity contribution in [3.8, 4) is 0 Å². The minimum Gasteiger partial charge on any atom is -0.366 e. The number of aliphatic imine (C=N–C) groups is 1. The molecule has 5 nitrogen and oxygen atoms in total. The van der Waals surface area contributed by atoms with Crippen LogP contribution in [0.5, 0.6) is 0 Å². The maximum Gasteiger partial charge on any atom is 0.248 e. The van der Waals surface area contributed by atoms with Crippen LogP contribution in [0, 0.1) is 0 Å². The summed E-state index contributed by atoms with van der Waals surface area (Å²) in [5.74, 6) is 0.480. The molecule has 3 rings (SSSR count). The zero-order valence-corrected chi connectivity index (χ0v) is 15.0. The molecule has 0 radical (unpaired) electrons. The number of nitrogens with two attached hydrogens (primary N) is 1. The van der Waals surface area contributed by atoms with Gasteiger partial charge in [-0.2, -0.15) is 0 Å². The predicted molar refractivity (Wildman–Crippen MR) is 103 cm³/mol. The first-order chi connectivity index (χ1) is 12.2. The molecule has 0 unspecified atom stereocenters. The molecule has 1 aromatic rings. The zero-order chi connectivity index (χ0) is 17.5. The molecule has 1 aromatic carbocycles. The van der Waals surface area contributed by atoms with E-state index >= 15 is 0 Å². The predicted octanol–water partition coefficient (Wildman–Crippen LogP) is 3.81. The van der Waals surface area contributed by atoms with Crippen molar-refractivity contribution in [2.45, 2.75) is 76.3 Å². The topological polar surface area (TPSA) is 79.5 Å². The van der Waals surface area contributed by atoms with Gasteiger partial charge in [0.1, 0.15) is 0 Å². The number of rotatable bonds is 4. The van der Waals surface area contributed by atoms with Gasteiger partial charge in [0, 0.05) is 17.3 Å². The lowest BCUT2D eigenvalue weighted by Crippen LogP contribution is -2.41. The lowest BCUT2D eigenvalue weighted by molar-refractivity contribution is 0.100. The van der Waals surface area contributed by atoms with Crippen molar-refractivity contribution in [2.75, 3.05) is 5.32 Å². The Morgan fingerprint density at radius 1 is 0.920 bits per heavy atom. The van der Waals surface area contributed by atoms with E-state index in [2.05, 4.69) is 10.6 Å². The van der Waals surface area contributed by atoms with Crippen LogP contribution < -0.4 is 16.4 Å². The van der Waals surface area contributed by atoms with Crippen LogP contribution in [0.3, 0.4) is 0 Å². The molecule has 0 spiro atoms. The first-order valence-corrected chi connectivity index (χ1v) is 9.72. The highest BCUT2D eigenvalue weighted by molar-refractivity contribution is 5.96. The third-order valence-corrected chi connectivity index (χ3v) is 5.26. The van der Waals surface area contributed by atoms with E-state index in [0.717, 1.165) is 11.6 Å². The summed E-state index contributed by atoms with van der Waals surface area (Å²) in [7, 11) is 0. The van der Waals surface area contributed by atoms with E-state index < -0.39 is 5.91 Å². The number of nitrogens with zero attached hydrogens (tertiary/aromatic N) is 1. The standard InChI is InChI=1S/C20H30N4O/c21-19(25)15-11-13-18(14-12-15)24-20(22-16-7-3-1-4-8-16)23-17-9-5-2-6-10-17/h11-14,16-17H,1-10H2,(H2,21,25)(H2,22,23,24). The second kappa shape index (κ2) is 8.88. The molecule has 4 N–H and O–H groups in total. The fraction of sp³-hybridized carbons (Fsp3) is 0.600. The molecule has 2 fully saturated rings. The van der Waals surface area contributed by atoms with E-state index in [1.165, 1.54) is 64.2 Å². The summed E-state index contributed by atoms with van der Waals surface area (Å²) in [6.07, 6.45) is 12.6. The van der Waals surface area contributed by atoms with Crippen molar-refractivity contribution in [2.24, 2.45) is 10.7 Å². The van der Waals surface area contributed by atoms with E-state index in [1.54, 1.807) is 12.1 Å². The van der Waals surface area contributed by atoms with Gasteiger partial charge in [-0.3, -0.25) is 4.79 Å². The van der Waals surface area contributed by atoms with Crippen molar-refractivity contribution < 1.29 is 4.79 Å². The summed E-state index contributed by atoms with van der Waals surface area (Å²) in [5, 5.41) is 7.06. The van der Waals surface area contributed by atoms with Crippen molar-refractivity contribution in [3.05, 3.63) is 29.8 Å². The summed E-state index contributed by atoms with van der Waals surface area (Å²) >= 11 is 0. The van der Waals surface area contributed by atoms with Gasteiger partial charge in [-0.1, -0.05) is 38.5 Å².